The molecule has 2 aromatic rings. The van der Waals surface area contributed by atoms with Crippen molar-refractivity contribution in [2.24, 2.45) is 5.73 Å². The summed E-state index contributed by atoms with van der Waals surface area (Å²) in [6.07, 6.45) is 3.65. The summed E-state index contributed by atoms with van der Waals surface area (Å²) in [7, 11) is 0. The molecule has 1 aromatic carbocycles. The van der Waals surface area contributed by atoms with Crippen molar-refractivity contribution < 1.29 is 0 Å². The summed E-state index contributed by atoms with van der Waals surface area (Å²) >= 11 is 0. The van der Waals surface area contributed by atoms with E-state index in [0.717, 1.165) is 12.2 Å². The zero-order valence-corrected chi connectivity index (χ0v) is 8.80. The Hall–Kier alpha value is -1.61. The van der Waals surface area contributed by atoms with Gasteiger partial charge in [-0.1, -0.05) is 30.3 Å². The molecule has 0 aliphatic rings. The predicted octanol–water partition coefficient (Wildman–Crippen LogP) is 1.95. The van der Waals surface area contributed by atoms with E-state index in [1.807, 2.05) is 37.6 Å². The number of hydrogen-bond donors (Lipinski definition) is 1. The van der Waals surface area contributed by atoms with E-state index in [1.165, 1.54) is 5.56 Å². The van der Waals surface area contributed by atoms with Gasteiger partial charge in [-0.25, -0.2) is 4.98 Å². The lowest BCUT2D eigenvalue weighted by Crippen LogP contribution is -2.12. The van der Waals surface area contributed by atoms with Crippen LogP contribution in [-0.4, -0.2) is 9.55 Å². The summed E-state index contributed by atoms with van der Waals surface area (Å²) in [6.45, 7) is 2.80. The maximum absolute atomic E-state index is 5.85. The molecule has 0 aliphatic carbocycles. The Kier molecular flexibility index (Phi) is 2.83. The van der Waals surface area contributed by atoms with Crippen molar-refractivity contribution in [2.45, 2.75) is 19.5 Å². The molecular weight excluding hydrogens is 186 g/mol. The fourth-order valence-electron chi connectivity index (χ4n) is 1.62. The molecule has 0 saturated carbocycles. The van der Waals surface area contributed by atoms with Crippen molar-refractivity contribution in [3.8, 4) is 0 Å². The number of imidazole rings is 1. The first kappa shape index (κ1) is 9.93. The van der Waals surface area contributed by atoms with E-state index >= 15 is 0 Å². The molecule has 3 nitrogen and oxygen atoms in total. The summed E-state index contributed by atoms with van der Waals surface area (Å²) in [6, 6.07) is 10.3. The van der Waals surface area contributed by atoms with Gasteiger partial charge >= 0.3 is 0 Å². The van der Waals surface area contributed by atoms with Gasteiger partial charge in [0.1, 0.15) is 0 Å². The van der Waals surface area contributed by atoms with Gasteiger partial charge in [0.25, 0.3) is 0 Å². The average molecular weight is 201 g/mol. The molecule has 1 heterocycles. The van der Waals surface area contributed by atoms with E-state index < -0.39 is 0 Å². The van der Waals surface area contributed by atoms with Crippen LogP contribution in [0.25, 0.3) is 0 Å². The second-order valence-electron chi connectivity index (χ2n) is 3.72. The van der Waals surface area contributed by atoms with Crippen LogP contribution in [0, 0.1) is 0 Å². The molecule has 0 radical (unpaired) electrons. The van der Waals surface area contributed by atoms with Crippen LogP contribution in [0.1, 0.15) is 24.2 Å². The second kappa shape index (κ2) is 4.28. The third kappa shape index (κ3) is 2.25. The molecule has 0 aliphatic heterocycles. The van der Waals surface area contributed by atoms with Crippen LogP contribution in [0.5, 0.6) is 0 Å². The molecule has 1 aromatic heterocycles. The molecule has 2 rings (SSSR count). The normalized spacial score (nSPS) is 12.7. The maximum atomic E-state index is 5.85. The Labute approximate surface area is 89.6 Å². The number of hydrogen-bond acceptors (Lipinski definition) is 2. The van der Waals surface area contributed by atoms with E-state index in [2.05, 4.69) is 21.7 Å². The van der Waals surface area contributed by atoms with Gasteiger partial charge in [-0.3, -0.25) is 0 Å². The van der Waals surface area contributed by atoms with Crippen LogP contribution in [0.15, 0.2) is 42.9 Å². The van der Waals surface area contributed by atoms with Crippen molar-refractivity contribution >= 4 is 0 Å². The van der Waals surface area contributed by atoms with E-state index in [4.69, 9.17) is 5.73 Å². The zero-order chi connectivity index (χ0) is 10.7. The number of nitrogens with zero attached hydrogens (tertiary/aromatic N) is 2. The minimum atomic E-state index is 0.0243. The Morgan fingerprint density at radius 3 is 2.73 bits per heavy atom. The highest BCUT2D eigenvalue weighted by Gasteiger charge is 2.06. The molecule has 78 valence electrons. The molecule has 0 spiro atoms. The Balaban J connectivity index is 2.21. The molecule has 3 heteroatoms. The van der Waals surface area contributed by atoms with E-state index in [0.29, 0.717) is 0 Å². The van der Waals surface area contributed by atoms with Crippen molar-refractivity contribution in [1.29, 1.82) is 0 Å². The van der Waals surface area contributed by atoms with Crippen LogP contribution in [0.2, 0.25) is 0 Å². The highest BCUT2D eigenvalue weighted by molar-refractivity contribution is 5.16. The third-order valence-corrected chi connectivity index (χ3v) is 2.41. The minimum Gasteiger partial charge on any atom is -0.329 e. The standard InChI is InChI=1S/C12H15N3/c1-10(13)12-7-14-9-15(12)8-11-5-3-2-4-6-11/h2-7,9-10H,8,13H2,1H3/t10-/m1/s1. The summed E-state index contributed by atoms with van der Waals surface area (Å²) < 4.78 is 2.08. The fraction of sp³-hybridized carbons (Fsp3) is 0.250. The molecule has 0 bridgehead atoms. The van der Waals surface area contributed by atoms with Gasteiger partial charge in [-0.05, 0) is 12.5 Å². The van der Waals surface area contributed by atoms with Crippen molar-refractivity contribution in [3.63, 3.8) is 0 Å². The van der Waals surface area contributed by atoms with Gasteiger partial charge in [-0.2, -0.15) is 0 Å². The predicted molar refractivity (Wildman–Crippen MR) is 60.4 cm³/mol. The topological polar surface area (TPSA) is 43.8 Å². The lowest BCUT2D eigenvalue weighted by Gasteiger charge is -2.10. The highest BCUT2D eigenvalue weighted by Crippen LogP contribution is 2.11. The number of benzene rings is 1. The molecule has 0 saturated heterocycles. The van der Waals surface area contributed by atoms with E-state index in [-0.39, 0.29) is 6.04 Å². The average Bonchev–Trinajstić information content (AvgIpc) is 2.67. The maximum Gasteiger partial charge on any atom is 0.0951 e. The monoisotopic (exact) mass is 201 g/mol. The SMILES string of the molecule is C[C@@H](N)c1cncn1Cc1ccccc1. The first-order valence-electron chi connectivity index (χ1n) is 5.07. The highest BCUT2D eigenvalue weighted by atomic mass is 15.1. The molecule has 15 heavy (non-hydrogen) atoms. The van der Waals surface area contributed by atoms with Crippen molar-refractivity contribution in [1.82, 2.24) is 9.55 Å². The molecule has 1 atom stereocenters. The van der Waals surface area contributed by atoms with Crippen LogP contribution in [-0.2, 0) is 6.54 Å². The Morgan fingerprint density at radius 1 is 1.33 bits per heavy atom. The molecule has 0 amide bonds. The zero-order valence-electron chi connectivity index (χ0n) is 8.80. The molecule has 2 N–H and O–H groups in total. The molecular formula is C12H15N3. The van der Waals surface area contributed by atoms with Gasteiger partial charge in [0, 0.05) is 18.8 Å². The van der Waals surface area contributed by atoms with Crippen LogP contribution in [0.4, 0.5) is 0 Å². The van der Waals surface area contributed by atoms with Gasteiger partial charge in [0.2, 0.25) is 0 Å². The summed E-state index contributed by atoms with van der Waals surface area (Å²) in [5.41, 5.74) is 8.18. The number of rotatable bonds is 3. The largest absolute Gasteiger partial charge is 0.329 e. The first-order valence-corrected chi connectivity index (χ1v) is 5.07. The quantitative estimate of drug-likeness (QED) is 0.824. The van der Waals surface area contributed by atoms with E-state index in [1.54, 1.807) is 0 Å². The summed E-state index contributed by atoms with van der Waals surface area (Å²) in [5.74, 6) is 0. The molecule has 0 unspecified atom stereocenters. The van der Waals surface area contributed by atoms with Gasteiger partial charge in [0.05, 0.1) is 12.0 Å². The fourth-order valence-corrected chi connectivity index (χ4v) is 1.62. The third-order valence-electron chi connectivity index (χ3n) is 2.41. The Morgan fingerprint density at radius 2 is 2.07 bits per heavy atom. The van der Waals surface area contributed by atoms with Crippen molar-refractivity contribution in [2.75, 3.05) is 0 Å². The number of nitrogens with two attached hydrogens (primary N) is 1. The molecule has 0 fully saturated rings. The van der Waals surface area contributed by atoms with Crippen LogP contribution >= 0.6 is 0 Å². The van der Waals surface area contributed by atoms with Gasteiger partial charge in [0.15, 0.2) is 0 Å². The van der Waals surface area contributed by atoms with Gasteiger partial charge < -0.3 is 10.3 Å². The summed E-state index contributed by atoms with van der Waals surface area (Å²) in [4.78, 5) is 4.12. The smallest absolute Gasteiger partial charge is 0.0951 e. The minimum absolute atomic E-state index is 0.0243. The van der Waals surface area contributed by atoms with Crippen LogP contribution < -0.4 is 5.73 Å². The lowest BCUT2D eigenvalue weighted by atomic mass is 10.2. The van der Waals surface area contributed by atoms with E-state index in [9.17, 15) is 0 Å². The lowest BCUT2D eigenvalue weighted by molar-refractivity contribution is 0.674. The second-order valence-corrected chi connectivity index (χ2v) is 3.72. The van der Waals surface area contributed by atoms with Crippen LogP contribution in [0.3, 0.4) is 0 Å². The van der Waals surface area contributed by atoms with Gasteiger partial charge in [-0.15, -0.1) is 0 Å². The Bertz CT molecular complexity index is 417. The first-order chi connectivity index (χ1) is 7.27. The summed E-state index contributed by atoms with van der Waals surface area (Å²) in [5, 5.41) is 0. The number of aromatic nitrogens is 2. The van der Waals surface area contributed by atoms with Crippen molar-refractivity contribution in [3.05, 3.63) is 54.1 Å².